The van der Waals surface area contributed by atoms with E-state index in [-0.39, 0.29) is 17.7 Å². The Bertz CT molecular complexity index is 436. The molecule has 0 aliphatic carbocycles. The Morgan fingerprint density at radius 2 is 1.55 bits per heavy atom. The lowest BCUT2D eigenvalue weighted by molar-refractivity contribution is -0.125. The van der Waals surface area contributed by atoms with Crippen LogP contribution in [-0.2, 0) is 4.79 Å². The summed E-state index contributed by atoms with van der Waals surface area (Å²) in [7, 11) is 0. The Labute approximate surface area is 121 Å². The lowest BCUT2D eigenvalue weighted by Gasteiger charge is -2.13. The van der Waals surface area contributed by atoms with Crippen LogP contribution in [0.15, 0.2) is 24.3 Å². The Kier molecular flexibility index (Phi) is 6.77. The van der Waals surface area contributed by atoms with Gasteiger partial charge in [-0.05, 0) is 31.9 Å². The molecule has 0 saturated heterocycles. The summed E-state index contributed by atoms with van der Waals surface area (Å²) in [6.07, 6.45) is 1.69. The van der Waals surface area contributed by atoms with Crippen LogP contribution in [0.25, 0.3) is 0 Å². The van der Waals surface area contributed by atoms with Gasteiger partial charge >= 0.3 is 0 Å². The largest absolute Gasteiger partial charge is 0.354 e. The van der Waals surface area contributed by atoms with E-state index in [9.17, 15) is 9.59 Å². The molecule has 0 atom stereocenters. The Morgan fingerprint density at radius 3 is 2.10 bits per heavy atom. The van der Waals surface area contributed by atoms with Crippen LogP contribution < -0.4 is 10.6 Å². The van der Waals surface area contributed by atoms with E-state index in [1.54, 1.807) is 12.1 Å². The van der Waals surface area contributed by atoms with Crippen LogP contribution in [0, 0.1) is 12.8 Å². The van der Waals surface area contributed by atoms with Crippen LogP contribution >= 0.6 is 0 Å². The smallest absolute Gasteiger partial charge is 0.251 e. The van der Waals surface area contributed by atoms with E-state index >= 15 is 0 Å². The molecule has 110 valence electrons. The fraction of sp³-hybridized carbons (Fsp3) is 0.500. The molecule has 0 bridgehead atoms. The van der Waals surface area contributed by atoms with Crippen molar-refractivity contribution in [2.45, 2.75) is 33.6 Å². The molecule has 2 N–H and O–H groups in total. The highest BCUT2D eigenvalue weighted by Crippen LogP contribution is 2.06. The summed E-state index contributed by atoms with van der Waals surface area (Å²) in [4.78, 5) is 23.6. The molecule has 0 saturated carbocycles. The molecular weight excluding hydrogens is 252 g/mol. The molecule has 0 spiro atoms. The van der Waals surface area contributed by atoms with Gasteiger partial charge in [0.05, 0.1) is 0 Å². The Hall–Kier alpha value is -1.84. The quantitative estimate of drug-likeness (QED) is 0.751. The number of hydrogen-bond donors (Lipinski definition) is 2. The topological polar surface area (TPSA) is 58.2 Å². The first-order chi connectivity index (χ1) is 9.58. The maximum Gasteiger partial charge on any atom is 0.251 e. The van der Waals surface area contributed by atoms with Crippen molar-refractivity contribution in [2.24, 2.45) is 5.92 Å². The fourth-order valence-corrected chi connectivity index (χ4v) is 1.97. The average molecular weight is 276 g/mol. The lowest BCUT2D eigenvalue weighted by atomic mass is 10.0. The van der Waals surface area contributed by atoms with E-state index in [1.807, 2.05) is 32.9 Å². The number of carbonyl (C=O) groups is 2. The van der Waals surface area contributed by atoms with E-state index < -0.39 is 0 Å². The van der Waals surface area contributed by atoms with E-state index in [1.165, 1.54) is 0 Å². The van der Waals surface area contributed by atoms with Crippen LogP contribution in [0.3, 0.4) is 0 Å². The van der Waals surface area contributed by atoms with E-state index in [0.717, 1.165) is 18.4 Å². The molecule has 1 aromatic rings. The maximum atomic E-state index is 11.8. The normalized spacial score (nSPS) is 10.4. The summed E-state index contributed by atoms with van der Waals surface area (Å²) in [5, 5.41) is 5.64. The third-order valence-corrected chi connectivity index (χ3v) is 3.38. The first kappa shape index (κ1) is 16.2. The van der Waals surface area contributed by atoms with Gasteiger partial charge in [-0.2, -0.15) is 0 Å². The average Bonchev–Trinajstić information content (AvgIpc) is 2.45. The molecular formula is C16H24N2O2. The lowest BCUT2D eigenvalue weighted by Crippen LogP contribution is -2.37. The van der Waals surface area contributed by atoms with Gasteiger partial charge in [-0.3, -0.25) is 9.59 Å². The van der Waals surface area contributed by atoms with Gasteiger partial charge in [-0.15, -0.1) is 0 Å². The highest BCUT2D eigenvalue weighted by Gasteiger charge is 2.13. The van der Waals surface area contributed by atoms with Crippen molar-refractivity contribution in [1.29, 1.82) is 0 Å². The molecule has 0 heterocycles. The minimum absolute atomic E-state index is 0.0691. The number of hydrogen-bond acceptors (Lipinski definition) is 2. The SMILES string of the molecule is CCC(CC)C(=O)NCCNC(=O)c1ccc(C)cc1. The second-order valence-electron chi connectivity index (χ2n) is 4.93. The molecule has 0 radical (unpaired) electrons. The third-order valence-electron chi connectivity index (χ3n) is 3.38. The van der Waals surface area contributed by atoms with Crippen LogP contribution in [0.1, 0.15) is 42.6 Å². The highest BCUT2D eigenvalue weighted by atomic mass is 16.2. The van der Waals surface area contributed by atoms with Crippen molar-refractivity contribution in [1.82, 2.24) is 10.6 Å². The number of carbonyl (C=O) groups excluding carboxylic acids is 2. The summed E-state index contributed by atoms with van der Waals surface area (Å²) < 4.78 is 0. The summed E-state index contributed by atoms with van der Waals surface area (Å²) in [6.45, 7) is 6.90. The standard InChI is InChI=1S/C16H24N2O2/c1-4-13(5-2)15(19)17-10-11-18-16(20)14-8-6-12(3)7-9-14/h6-9,13H,4-5,10-11H2,1-3H3,(H,17,19)(H,18,20). The van der Waals surface area contributed by atoms with Gasteiger partial charge in [-0.25, -0.2) is 0 Å². The first-order valence-corrected chi connectivity index (χ1v) is 7.21. The number of amides is 2. The van der Waals surface area contributed by atoms with Gasteiger partial charge in [0, 0.05) is 24.6 Å². The fourth-order valence-electron chi connectivity index (χ4n) is 1.97. The van der Waals surface area contributed by atoms with Gasteiger partial charge < -0.3 is 10.6 Å². The van der Waals surface area contributed by atoms with Crippen LogP contribution in [-0.4, -0.2) is 24.9 Å². The monoisotopic (exact) mass is 276 g/mol. The predicted octanol–water partition coefficient (Wildman–Crippen LogP) is 2.28. The van der Waals surface area contributed by atoms with Crippen molar-refractivity contribution in [3.8, 4) is 0 Å². The van der Waals surface area contributed by atoms with Crippen molar-refractivity contribution in [2.75, 3.05) is 13.1 Å². The first-order valence-electron chi connectivity index (χ1n) is 7.21. The molecule has 2 amide bonds. The second-order valence-corrected chi connectivity index (χ2v) is 4.93. The molecule has 4 nitrogen and oxygen atoms in total. The number of nitrogens with one attached hydrogen (secondary N) is 2. The van der Waals surface area contributed by atoms with E-state index in [4.69, 9.17) is 0 Å². The van der Waals surface area contributed by atoms with Crippen LogP contribution in [0.5, 0.6) is 0 Å². The zero-order valence-corrected chi connectivity index (χ0v) is 12.5. The van der Waals surface area contributed by atoms with Crippen LogP contribution in [0.4, 0.5) is 0 Å². The summed E-state index contributed by atoms with van der Waals surface area (Å²) in [6, 6.07) is 7.41. The maximum absolute atomic E-state index is 11.8. The Balaban J connectivity index is 2.29. The molecule has 1 rings (SSSR count). The van der Waals surface area contributed by atoms with Crippen molar-refractivity contribution in [3.63, 3.8) is 0 Å². The zero-order chi connectivity index (χ0) is 15.0. The second kappa shape index (κ2) is 8.35. The molecule has 0 aromatic heterocycles. The zero-order valence-electron chi connectivity index (χ0n) is 12.5. The van der Waals surface area contributed by atoms with Gasteiger partial charge in [0.25, 0.3) is 5.91 Å². The van der Waals surface area contributed by atoms with Crippen molar-refractivity contribution < 1.29 is 9.59 Å². The van der Waals surface area contributed by atoms with Gasteiger partial charge in [0.15, 0.2) is 0 Å². The minimum Gasteiger partial charge on any atom is -0.354 e. The van der Waals surface area contributed by atoms with Gasteiger partial charge in [0.2, 0.25) is 5.91 Å². The molecule has 0 aliphatic heterocycles. The van der Waals surface area contributed by atoms with Gasteiger partial charge in [-0.1, -0.05) is 31.5 Å². The van der Waals surface area contributed by atoms with E-state index in [2.05, 4.69) is 10.6 Å². The molecule has 4 heteroatoms. The molecule has 20 heavy (non-hydrogen) atoms. The predicted molar refractivity (Wildman–Crippen MR) is 80.6 cm³/mol. The summed E-state index contributed by atoms with van der Waals surface area (Å²) in [5.74, 6) is 0.0316. The summed E-state index contributed by atoms with van der Waals surface area (Å²) in [5.41, 5.74) is 1.76. The minimum atomic E-state index is -0.109. The molecule has 1 aromatic carbocycles. The molecule has 0 fully saturated rings. The number of aryl methyl sites for hydroxylation is 1. The van der Waals surface area contributed by atoms with Crippen LogP contribution in [0.2, 0.25) is 0 Å². The van der Waals surface area contributed by atoms with Crippen molar-refractivity contribution >= 4 is 11.8 Å². The Morgan fingerprint density at radius 1 is 1.00 bits per heavy atom. The summed E-state index contributed by atoms with van der Waals surface area (Å²) >= 11 is 0. The highest BCUT2D eigenvalue weighted by molar-refractivity contribution is 5.94. The van der Waals surface area contributed by atoms with Gasteiger partial charge in [0.1, 0.15) is 0 Å². The van der Waals surface area contributed by atoms with Crippen molar-refractivity contribution in [3.05, 3.63) is 35.4 Å². The number of benzene rings is 1. The van der Waals surface area contributed by atoms with E-state index in [0.29, 0.717) is 18.7 Å². The third kappa shape index (κ3) is 5.03. The number of rotatable bonds is 7. The molecule has 0 aliphatic rings. The molecule has 0 unspecified atom stereocenters.